The van der Waals surface area contributed by atoms with E-state index in [0.29, 0.717) is 16.8 Å². The fraction of sp³-hybridized carbons (Fsp3) is 0.286. The van der Waals surface area contributed by atoms with Crippen LogP contribution in [0.5, 0.6) is 0 Å². The molecule has 0 unspecified atom stereocenters. The van der Waals surface area contributed by atoms with Crippen LogP contribution in [-0.2, 0) is 4.79 Å². The normalized spacial score (nSPS) is 13.8. The fourth-order valence-corrected chi connectivity index (χ4v) is 3.31. The van der Waals surface area contributed by atoms with Crippen molar-refractivity contribution in [1.29, 1.82) is 0 Å². The van der Waals surface area contributed by atoms with Gasteiger partial charge in [0.15, 0.2) is 0 Å². The van der Waals surface area contributed by atoms with Crippen LogP contribution in [0, 0.1) is 10.1 Å². The number of nitrogens with one attached hydrogen (secondary N) is 2. The van der Waals surface area contributed by atoms with Crippen LogP contribution in [-0.4, -0.2) is 36.0 Å². The Morgan fingerprint density at radius 1 is 1.10 bits per heavy atom. The van der Waals surface area contributed by atoms with Crippen LogP contribution >= 0.6 is 0 Å². The first kappa shape index (κ1) is 21.0. The highest BCUT2D eigenvalue weighted by atomic mass is 16.6. The van der Waals surface area contributed by atoms with E-state index in [-0.39, 0.29) is 11.6 Å². The Bertz CT molecular complexity index is 966. The summed E-state index contributed by atoms with van der Waals surface area (Å²) in [4.78, 5) is 36.2. The molecule has 0 radical (unpaired) electrons. The van der Waals surface area contributed by atoms with E-state index in [1.165, 1.54) is 31.7 Å². The fourth-order valence-electron chi connectivity index (χ4n) is 3.31. The number of hydrogen-bond acceptors (Lipinski definition) is 6. The SMILES string of the molecule is CC(=O)Nc1ccc(C(=O)N/N=C/c2cc([N+](=O)[O-])ccc2N2CCCCC2)cc1. The van der Waals surface area contributed by atoms with E-state index >= 15 is 0 Å². The molecule has 0 aliphatic carbocycles. The quantitative estimate of drug-likeness (QED) is 0.431. The van der Waals surface area contributed by atoms with Crippen molar-refractivity contribution in [3.63, 3.8) is 0 Å². The van der Waals surface area contributed by atoms with E-state index in [4.69, 9.17) is 0 Å². The second-order valence-corrected chi connectivity index (χ2v) is 7.01. The maximum atomic E-state index is 12.3. The lowest BCUT2D eigenvalue weighted by molar-refractivity contribution is -0.384. The maximum absolute atomic E-state index is 12.3. The van der Waals surface area contributed by atoms with Crippen molar-refractivity contribution in [2.75, 3.05) is 23.3 Å². The Kier molecular flexibility index (Phi) is 6.74. The molecule has 1 aliphatic rings. The topological polar surface area (TPSA) is 117 Å². The molecule has 1 aliphatic heterocycles. The van der Waals surface area contributed by atoms with Gasteiger partial charge < -0.3 is 10.2 Å². The molecular weight excluding hydrogens is 386 g/mol. The van der Waals surface area contributed by atoms with Gasteiger partial charge in [0.05, 0.1) is 11.1 Å². The first-order valence-corrected chi connectivity index (χ1v) is 9.68. The van der Waals surface area contributed by atoms with Gasteiger partial charge in [-0.05, 0) is 49.6 Å². The van der Waals surface area contributed by atoms with Gasteiger partial charge in [0.25, 0.3) is 11.6 Å². The summed E-state index contributed by atoms with van der Waals surface area (Å²) in [6, 6.07) is 11.1. The van der Waals surface area contributed by atoms with Gasteiger partial charge in [-0.2, -0.15) is 5.10 Å². The van der Waals surface area contributed by atoms with Gasteiger partial charge in [-0.25, -0.2) is 5.43 Å². The van der Waals surface area contributed by atoms with E-state index < -0.39 is 10.8 Å². The summed E-state index contributed by atoms with van der Waals surface area (Å²) < 4.78 is 0. The van der Waals surface area contributed by atoms with Crippen molar-refractivity contribution in [3.8, 4) is 0 Å². The average Bonchev–Trinajstić information content (AvgIpc) is 2.74. The van der Waals surface area contributed by atoms with Crippen LogP contribution < -0.4 is 15.6 Å². The van der Waals surface area contributed by atoms with Crippen molar-refractivity contribution in [2.24, 2.45) is 5.10 Å². The highest BCUT2D eigenvalue weighted by Crippen LogP contribution is 2.27. The van der Waals surface area contributed by atoms with Gasteiger partial charge in [0.2, 0.25) is 5.91 Å². The summed E-state index contributed by atoms with van der Waals surface area (Å²) in [5, 5.41) is 17.8. The number of carbonyl (C=O) groups excluding carboxylic acids is 2. The lowest BCUT2D eigenvalue weighted by Crippen LogP contribution is -2.30. The monoisotopic (exact) mass is 409 g/mol. The summed E-state index contributed by atoms with van der Waals surface area (Å²) in [6.45, 7) is 3.17. The molecule has 2 aromatic rings. The molecule has 0 aromatic heterocycles. The van der Waals surface area contributed by atoms with Gasteiger partial charge in [-0.3, -0.25) is 19.7 Å². The molecule has 0 atom stereocenters. The first-order valence-electron chi connectivity index (χ1n) is 9.68. The Morgan fingerprint density at radius 3 is 2.43 bits per heavy atom. The Hall–Kier alpha value is -3.75. The van der Waals surface area contributed by atoms with Crippen LogP contribution in [0.15, 0.2) is 47.6 Å². The van der Waals surface area contributed by atoms with Crippen LogP contribution in [0.3, 0.4) is 0 Å². The molecule has 3 rings (SSSR count). The lowest BCUT2D eigenvalue weighted by atomic mass is 10.1. The minimum Gasteiger partial charge on any atom is -0.371 e. The number of nitro benzene ring substituents is 1. The summed E-state index contributed by atoms with van der Waals surface area (Å²) in [6.07, 6.45) is 4.74. The maximum Gasteiger partial charge on any atom is 0.271 e. The molecular formula is C21H23N5O4. The van der Waals surface area contributed by atoms with Crippen molar-refractivity contribution >= 4 is 35.1 Å². The zero-order chi connectivity index (χ0) is 21.5. The van der Waals surface area contributed by atoms with E-state index in [1.807, 2.05) is 0 Å². The molecule has 1 heterocycles. The number of anilines is 2. The highest BCUT2D eigenvalue weighted by Gasteiger charge is 2.17. The van der Waals surface area contributed by atoms with Crippen molar-refractivity contribution in [1.82, 2.24) is 5.43 Å². The number of nitrogens with zero attached hydrogens (tertiary/aromatic N) is 3. The smallest absolute Gasteiger partial charge is 0.271 e. The van der Waals surface area contributed by atoms with Crippen LogP contribution in [0.2, 0.25) is 0 Å². The molecule has 1 saturated heterocycles. The third-order valence-corrected chi connectivity index (χ3v) is 4.76. The molecule has 9 heteroatoms. The number of carbonyl (C=O) groups is 2. The number of amides is 2. The minimum absolute atomic E-state index is 0.0305. The number of benzene rings is 2. The van der Waals surface area contributed by atoms with Crippen LogP contribution in [0.25, 0.3) is 0 Å². The third kappa shape index (κ3) is 5.40. The Labute approximate surface area is 173 Å². The lowest BCUT2D eigenvalue weighted by Gasteiger charge is -2.29. The van der Waals surface area contributed by atoms with Crippen molar-refractivity contribution in [3.05, 3.63) is 63.7 Å². The Morgan fingerprint density at radius 2 is 1.80 bits per heavy atom. The van der Waals surface area contributed by atoms with Gasteiger partial charge in [0, 0.05) is 54.6 Å². The summed E-state index contributed by atoms with van der Waals surface area (Å²) in [5.74, 6) is -0.621. The van der Waals surface area contributed by atoms with Crippen LogP contribution in [0.4, 0.5) is 17.1 Å². The molecule has 0 saturated carbocycles. The van der Waals surface area contributed by atoms with Gasteiger partial charge in [-0.1, -0.05) is 0 Å². The standard InChI is InChI=1S/C21H23N5O4/c1-15(27)23-18-7-5-16(6-8-18)21(28)24-22-14-17-13-19(26(29)30)9-10-20(17)25-11-3-2-4-12-25/h5-10,13-14H,2-4,11-12H2,1H3,(H,23,27)(H,24,28)/b22-14+. The largest absolute Gasteiger partial charge is 0.371 e. The summed E-state index contributed by atoms with van der Waals surface area (Å²) >= 11 is 0. The number of hydrogen-bond donors (Lipinski definition) is 2. The predicted octanol–water partition coefficient (Wildman–Crippen LogP) is 3.31. The van der Waals surface area contributed by atoms with Gasteiger partial charge in [-0.15, -0.1) is 0 Å². The average molecular weight is 409 g/mol. The van der Waals surface area contributed by atoms with Crippen molar-refractivity contribution < 1.29 is 14.5 Å². The molecule has 30 heavy (non-hydrogen) atoms. The number of piperidine rings is 1. The number of rotatable bonds is 6. The summed E-state index contributed by atoms with van der Waals surface area (Å²) in [7, 11) is 0. The molecule has 2 aromatic carbocycles. The molecule has 156 valence electrons. The second-order valence-electron chi connectivity index (χ2n) is 7.01. The molecule has 0 spiro atoms. The molecule has 2 N–H and O–H groups in total. The molecule has 1 fully saturated rings. The minimum atomic E-state index is -0.452. The zero-order valence-corrected chi connectivity index (χ0v) is 16.6. The zero-order valence-electron chi connectivity index (χ0n) is 16.6. The highest BCUT2D eigenvalue weighted by molar-refractivity contribution is 5.96. The number of hydrazone groups is 1. The van der Waals surface area contributed by atoms with Crippen molar-refractivity contribution in [2.45, 2.75) is 26.2 Å². The predicted molar refractivity (Wildman–Crippen MR) is 115 cm³/mol. The van der Waals surface area contributed by atoms with E-state index in [0.717, 1.165) is 31.6 Å². The Balaban J connectivity index is 1.73. The van der Waals surface area contributed by atoms with E-state index in [9.17, 15) is 19.7 Å². The molecule has 0 bridgehead atoms. The first-order chi connectivity index (χ1) is 14.4. The van der Waals surface area contributed by atoms with E-state index in [2.05, 4.69) is 20.7 Å². The molecule has 9 nitrogen and oxygen atoms in total. The van der Waals surface area contributed by atoms with E-state index in [1.54, 1.807) is 30.3 Å². The van der Waals surface area contributed by atoms with Gasteiger partial charge >= 0.3 is 0 Å². The number of non-ortho nitro benzene ring substituents is 1. The second kappa shape index (κ2) is 9.64. The van der Waals surface area contributed by atoms with Crippen LogP contribution in [0.1, 0.15) is 42.1 Å². The van der Waals surface area contributed by atoms with Gasteiger partial charge in [0.1, 0.15) is 0 Å². The molecule has 2 amide bonds. The summed E-state index contributed by atoms with van der Waals surface area (Å²) in [5.41, 5.74) is 4.81. The number of nitro groups is 1. The third-order valence-electron chi connectivity index (χ3n) is 4.76.